The molecule has 1 aliphatic rings. The molecular weight excluding hydrogens is 304 g/mol. The van der Waals surface area contributed by atoms with Gasteiger partial charge in [0.1, 0.15) is 11.8 Å². The molecule has 2 rings (SSSR count). The lowest BCUT2D eigenvalue weighted by atomic mass is 9.99. The molecule has 1 atom stereocenters. The molecule has 1 fully saturated rings. The number of rotatable bonds is 3. The van der Waals surface area contributed by atoms with E-state index in [4.69, 9.17) is 11.0 Å². The summed E-state index contributed by atoms with van der Waals surface area (Å²) in [5, 5.41) is 18.8. The normalized spacial score (nSPS) is 15.8. The second-order valence-electron chi connectivity index (χ2n) is 4.25. The molecule has 0 bridgehead atoms. The summed E-state index contributed by atoms with van der Waals surface area (Å²) in [4.78, 5) is 0. The zero-order valence-electron chi connectivity index (χ0n) is 9.19. The van der Waals surface area contributed by atoms with E-state index >= 15 is 0 Å². The molecule has 0 saturated heterocycles. The summed E-state index contributed by atoms with van der Waals surface area (Å²) >= 11 is 3.37. The summed E-state index contributed by atoms with van der Waals surface area (Å²) in [7, 11) is 0. The maximum atomic E-state index is 9.94. The van der Waals surface area contributed by atoms with Gasteiger partial charge in [0.15, 0.2) is 0 Å². The summed E-state index contributed by atoms with van der Waals surface area (Å²) in [6, 6.07) is 5.12. The summed E-state index contributed by atoms with van der Waals surface area (Å²) in [6.45, 7) is 0. The Morgan fingerprint density at radius 3 is 2.71 bits per heavy atom. The van der Waals surface area contributed by atoms with Crippen LogP contribution >= 0.6 is 28.3 Å². The van der Waals surface area contributed by atoms with Crippen LogP contribution in [0.2, 0.25) is 0 Å². The third-order valence-corrected chi connectivity index (χ3v) is 3.63. The molecule has 3 N–H and O–H groups in total. The fourth-order valence-electron chi connectivity index (χ4n) is 1.86. The average molecular weight is 318 g/mol. The van der Waals surface area contributed by atoms with Gasteiger partial charge in [-0.2, -0.15) is 5.26 Å². The van der Waals surface area contributed by atoms with Crippen molar-refractivity contribution in [3.63, 3.8) is 0 Å². The van der Waals surface area contributed by atoms with Gasteiger partial charge in [-0.1, -0.05) is 28.8 Å². The maximum absolute atomic E-state index is 9.94. The van der Waals surface area contributed by atoms with Gasteiger partial charge in [0.25, 0.3) is 0 Å². The molecule has 0 spiro atoms. The molecule has 0 radical (unpaired) electrons. The Balaban J connectivity index is 0.00000144. The van der Waals surface area contributed by atoms with Crippen molar-refractivity contribution in [3.8, 4) is 11.8 Å². The Hall–Kier alpha value is -0.760. The first-order valence-electron chi connectivity index (χ1n) is 5.30. The number of nitrogens with zero attached hydrogens (tertiary/aromatic N) is 1. The number of nitrogens with two attached hydrogens (primary N) is 1. The van der Waals surface area contributed by atoms with Crippen LogP contribution in [0.25, 0.3) is 0 Å². The quantitative estimate of drug-likeness (QED) is 0.899. The maximum Gasteiger partial charge on any atom is 0.139 e. The zero-order valence-corrected chi connectivity index (χ0v) is 11.6. The predicted octanol–water partition coefficient (Wildman–Crippen LogP) is 3.25. The minimum atomic E-state index is -0.199. The van der Waals surface area contributed by atoms with Gasteiger partial charge < -0.3 is 10.8 Å². The van der Waals surface area contributed by atoms with Crippen LogP contribution in [-0.2, 0) is 0 Å². The molecule has 0 unspecified atom stereocenters. The number of hydrogen-bond donors (Lipinski definition) is 2. The number of benzene rings is 1. The molecule has 1 aromatic rings. The molecular formula is C12H14BrClN2O. The second-order valence-corrected chi connectivity index (χ2v) is 5.11. The lowest BCUT2D eigenvalue weighted by Gasteiger charge is -2.15. The van der Waals surface area contributed by atoms with Gasteiger partial charge >= 0.3 is 0 Å². The molecule has 17 heavy (non-hydrogen) atoms. The molecule has 0 aromatic heterocycles. The van der Waals surface area contributed by atoms with Crippen LogP contribution < -0.4 is 5.73 Å². The first-order valence-corrected chi connectivity index (χ1v) is 6.09. The molecule has 3 nitrogen and oxygen atoms in total. The van der Waals surface area contributed by atoms with Gasteiger partial charge in [0.2, 0.25) is 0 Å². The summed E-state index contributed by atoms with van der Waals surface area (Å²) in [5.74, 6) is 0.706. The average Bonchev–Trinajstić information content (AvgIpc) is 3.02. The van der Waals surface area contributed by atoms with E-state index in [1.165, 1.54) is 12.8 Å². The predicted molar refractivity (Wildman–Crippen MR) is 72.0 cm³/mol. The minimum Gasteiger partial charge on any atom is -0.506 e. The Labute approximate surface area is 115 Å². The zero-order chi connectivity index (χ0) is 11.7. The van der Waals surface area contributed by atoms with Crippen molar-refractivity contribution in [3.05, 3.63) is 27.7 Å². The molecule has 1 aliphatic carbocycles. The molecule has 5 heteroatoms. The van der Waals surface area contributed by atoms with Crippen molar-refractivity contribution in [2.24, 2.45) is 11.7 Å². The van der Waals surface area contributed by atoms with Crippen molar-refractivity contribution < 1.29 is 5.11 Å². The van der Waals surface area contributed by atoms with Crippen molar-refractivity contribution in [2.75, 3.05) is 0 Å². The van der Waals surface area contributed by atoms with Crippen LogP contribution in [0.3, 0.4) is 0 Å². The SMILES string of the molecule is Cl.N#Cc1ccc(Br)c([C@@H](N)CC2CC2)c1O. The van der Waals surface area contributed by atoms with Crippen LogP contribution in [0.1, 0.15) is 36.4 Å². The number of phenolic OH excluding ortho intramolecular Hbond substituents is 1. The van der Waals surface area contributed by atoms with Crippen LogP contribution in [0.15, 0.2) is 16.6 Å². The highest BCUT2D eigenvalue weighted by molar-refractivity contribution is 9.10. The van der Waals surface area contributed by atoms with E-state index in [1.54, 1.807) is 12.1 Å². The number of phenols is 1. The minimum absolute atomic E-state index is 0. The van der Waals surface area contributed by atoms with Gasteiger partial charge in [-0.05, 0) is 24.5 Å². The van der Waals surface area contributed by atoms with Crippen molar-refractivity contribution in [1.82, 2.24) is 0 Å². The summed E-state index contributed by atoms with van der Waals surface area (Å²) < 4.78 is 0.775. The van der Waals surface area contributed by atoms with Gasteiger partial charge in [0, 0.05) is 16.1 Å². The first-order chi connectivity index (χ1) is 7.63. The Morgan fingerprint density at radius 2 is 2.18 bits per heavy atom. The number of nitriles is 1. The molecule has 1 aromatic carbocycles. The highest BCUT2D eigenvalue weighted by Crippen LogP contribution is 2.41. The highest BCUT2D eigenvalue weighted by Gasteiger charge is 2.27. The lowest BCUT2D eigenvalue weighted by molar-refractivity contribution is 0.453. The Kier molecular flexibility index (Phi) is 4.81. The summed E-state index contributed by atoms with van der Waals surface area (Å²) in [5.41, 5.74) is 7.00. The Morgan fingerprint density at radius 1 is 1.53 bits per heavy atom. The van der Waals surface area contributed by atoms with E-state index in [9.17, 15) is 5.11 Å². The van der Waals surface area contributed by atoms with E-state index in [2.05, 4.69) is 15.9 Å². The third-order valence-electron chi connectivity index (χ3n) is 2.94. The van der Waals surface area contributed by atoms with Gasteiger partial charge in [-0.25, -0.2) is 0 Å². The fraction of sp³-hybridized carbons (Fsp3) is 0.417. The topological polar surface area (TPSA) is 70.0 Å². The molecule has 0 aliphatic heterocycles. The Bertz CT molecular complexity index is 455. The van der Waals surface area contributed by atoms with Crippen LogP contribution in [0.4, 0.5) is 0 Å². The van der Waals surface area contributed by atoms with E-state index in [0.29, 0.717) is 11.5 Å². The van der Waals surface area contributed by atoms with Crippen molar-refractivity contribution in [1.29, 1.82) is 5.26 Å². The van der Waals surface area contributed by atoms with Gasteiger partial charge in [-0.15, -0.1) is 12.4 Å². The van der Waals surface area contributed by atoms with E-state index in [-0.39, 0.29) is 29.8 Å². The van der Waals surface area contributed by atoms with Crippen LogP contribution in [-0.4, -0.2) is 5.11 Å². The third kappa shape index (κ3) is 3.12. The first kappa shape index (κ1) is 14.3. The molecule has 92 valence electrons. The van der Waals surface area contributed by atoms with Gasteiger partial charge in [-0.3, -0.25) is 0 Å². The molecule has 0 heterocycles. The largest absolute Gasteiger partial charge is 0.506 e. The highest BCUT2D eigenvalue weighted by atomic mass is 79.9. The second kappa shape index (κ2) is 5.72. The summed E-state index contributed by atoms with van der Waals surface area (Å²) in [6.07, 6.45) is 3.33. The standard InChI is InChI=1S/C12H13BrN2O.ClH/c13-9-4-3-8(6-14)12(16)11(9)10(15)5-7-1-2-7;/h3-4,7,10,16H,1-2,5,15H2;1H/t10-;/m0./s1. The number of hydrogen-bond acceptors (Lipinski definition) is 3. The van der Waals surface area contributed by atoms with Crippen LogP contribution in [0.5, 0.6) is 5.75 Å². The number of aromatic hydroxyl groups is 1. The monoisotopic (exact) mass is 316 g/mol. The smallest absolute Gasteiger partial charge is 0.139 e. The van der Waals surface area contributed by atoms with E-state index in [0.717, 1.165) is 10.9 Å². The van der Waals surface area contributed by atoms with Crippen molar-refractivity contribution >= 4 is 28.3 Å². The number of halogens is 2. The lowest BCUT2D eigenvalue weighted by Crippen LogP contribution is -2.12. The van der Waals surface area contributed by atoms with E-state index in [1.807, 2.05) is 6.07 Å². The molecule has 1 saturated carbocycles. The van der Waals surface area contributed by atoms with Crippen molar-refractivity contribution in [2.45, 2.75) is 25.3 Å². The van der Waals surface area contributed by atoms with E-state index < -0.39 is 0 Å². The fourth-order valence-corrected chi connectivity index (χ4v) is 2.47. The molecule has 0 amide bonds. The van der Waals surface area contributed by atoms with Gasteiger partial charge in [0.05, 0.1) is 5.56 Å². The van der Waals surface area contributed by atoms with Crippen LogP contribution in [0, 0.1) is 17.2 Å².